The molecule has 0 aliphatic carbocycles. The molecular formula is C87H120N16O20. The van der Waals surface area contributed by atoms with E-state index in [-0.39, 0.29) is 44.0 Å². The van der Waals surface area contributed by atoms with Gasteiger partial charge in [-0.05, 0) is 116 Å². The van der Waals surface area contributed by atoms with Crippen LogP contribution in [0, 0.1) is 11.8 Å². The van der Waals surface area contributed by atoms with Crippen LogP contribution in [0.1, 0.15) is 163 Å². The molecule has 0 spiro atoms. The molecule has 36 nitrogen and oxygen atoms in total. The number of aliphatic hydroxyl groups is 1. The van der Waals surface area contributed by atoms with Gasteiger partial charge in [0.05, 0.1) is 62.6 Å². The predicted molar refractivity (Wildman–Crippen MR) is 451 cm³/mol. The lowest BCUT2D eigenvalue weighted by molar-refractivity contribution is -0.155. The maximum Gasteiger partial charge on any atom is 0.328 e. The molecule has 0 bridgehead atoms. The minimum Gasteiger partial charge on any atom is -0.480 e. The molecule has 2 heterocycles. The Hall–Kier alpha value is -12.5. The number of carboxylic acids is 1. The van der Waals surface area contributed by atoms with Crippen LogP contribution in [0.4, 0.5) is 0 Å². The standard InChI is InChI=1S/C87H120N16O20/c1-15-51(3)72(100-80(116)65-38-29-41-103(65)83(119)73(52(4)16-2)98-69(109)46-88-56(8)105)81(117)92-45-67(107)89-44-66(106)90-47-68(108)95-64(43-61-49-102(50-93-61)87(58-32-23-18-24-33-58,59-34-25-19-26-35-59)60-36-27-20-28-37-60)78(114)94-53(5)76(112)96-62(39-40-71(111)123-86(12,13)14)77(113)91-48-70(110)99-75(55(7)122-85(9,10)11)82(118)97-63(42-57-30-21-17-22-31-57)79(115)101-74(54(6)104)84(120)121/h17-28,30-37,49-55,62-65,72-75,104H,15-16,29,38-48H2,1-14H3,(H,88,105)(H,89,107)(H,90,106)(H,91,113)(H,92,117)(H,94,114)(H,95,108)(H,96,112)(H,97,118)(H,98,109)(H,99,110)(H,100,116)(H,101,115)(H,120,121)/t51-,52-,53-,54+,55+,62-,63-,64-,65-,72-,73-,74-,75-/m0/s1. The number of hydrogen-bond acceptors (Lipinski definition) is 20. The van der Waals surface area contributed by atoms with E-state index < -0.39 is 223 Å². The molecule has 6 rings (SSSR count). The lowest BCUT2D eigenvalue weighted by Crippen LogP contribution is -2.61. The van der Waals surface area contributed by atoms with Crippen molar-refractivity contribution in [3.63, 3.8) is 0 Å². The molecule has 123 heavy (non-hydrogen) atoms. The number of imidazole rings is 1. The van der Waals surface area contributed by atoms with Crippen molar-refractivity contribution in [3.8, 4) is 0 Å². The van der Waals surface area contributed by atoms with E-state index in [1.54, 1.807) is 105 Å². The Kier molecular flexibility index (Phi) is 38.0. The number of carbonyl (C=O) groups is 16. The molecule has 36 heteroatoms. The van der Waals surface area contributed by atoms with Gasteiger partial charge in [-0.2, -0.15) is 0 Å². The third kappa shape index (κ3) is 30.9. The molecule has 14 amide bonds. The number of hydrogen-bond donors (Lipinski definition) is 15. The van der Waals surface area contributed by atoms with Crippen molar-refractivity contribution in [2.45, 2.75) is 232 Å². The van der Waals surface area contributed by atoms with Crippen LogP contribution in [0.3, 0.4) is 0 Å². The average Bonchev–Trinajstić information content (AvgIpc) is 1.73. The SMILES string of the molecule is CC[C@H](C)[C@H](NC(=O)[C@@H]1CCCN1C(=O)[C@@H](NC(=O)CNC(C)=O)[C@@H](C)CC)C(=O)NCC(=O)NCC(=O)NCC(=O)N[C@@H](Cc1cn(C(c2ccccc2)(c2ccccc2)c2ccccc2)cn1)C(=O)N[C@@H](C)C(=O)N[C@@H](CCC(=O)OC(C)(C)C)C(=O)NCC(=O)N[C@H](C(=O)N[C@@H](Cc1ccccc1)C(=O)N[C@H](C(=O)O)[C@@H](C)O)[C@@H](C)OC(C)(C)C. The summed E-state index contributed by atoms with van der Waals surface area (Å²) in [4.78, 5) is 224. The van der Waals surface area contributed by atoms with Gasteiger partial charge in [0, 0.05) is 38.9 Å². The molecule has 4 aromatic carbocycles. The monoisotopic (exact) mass is 1710 g/mol. The minimum absolute atomic E-state index is 0.179. The third-order valence-corrected chi connectivity index (χ3v) is 20.3. The normalized spacial score (nSPS) is 15.6. The van der Waals surface area contributed by atoms with Crippen LogP contribution in [0.15, 0.2) is 134 Å². The first kappa shape index (κ1) is 99.3. The van der Waals surface area contributed by atoms with E-state index in [4.69, 9.17) is 14.5 Å². The van der Waals surface area contributed by atoms with Crippen molar-refractivity contribution in [2.75, 3.05) is 39.3 Å². The van der Waals surface area contributed by atoms with E-state index in [0.717, 1.165) is 23.6 Å². The van der Waals surface area contributed by atoms with Gasteiger partial charge in [0.2, 0.25) is 82.7 Å². The average molecular weight is 1710 g/mol. The van der Waals surface area contributed by atoms with Gasteiger partial charge in [0.15, 0.2) is 6.04 Å². The molecule has 1 aromatic heterocycles. The second-order valence-electron chi connectivity index (χ2n) is 32.5. The summed E-state index contributed by atoms with van der Waals surface area (Å²) in [6.45, 7) is 18.9. The van der Waals surface area contributed by atoms with E-state index in [2.05, 4.69) is 69.1 Å². The minimum atomic E-state index is -1.77. The van der Waals surface area contributed by atoms with Gasteiger partial charge in [-0.25, -0.2) is 9.78 Å². The highest BCUT2D eigenvalue weighted by Crippen LogP contribution is 2.41. The topological polar surface area (TPSA) is 509 Å². The number of aliphatic hydroxyl groups excluding tert-OH is 1. The van der Waals surface area contributed by atoms with Crippen LogP contribution < -0.4 is 69.1 Å². The Morgan fingerprint density at radius 1 is 0.488 bits per heavy atom. The number of likely N-dealkylation sites (tertiary alicyclic amines) is 1. The van der Waals surface area contributed by atoms with Crippen molar-refractivity contribution < 1.29 is 96.4 Å². The molecule has 0 unspecified atom stereocenters. The molecule has 0 radical (unpaired) electrons. The molecule has 1 aliphatic rings. The summed E-state index contributed by atoms with van der Waals surface area (Å²) in [7, 11) is 0. The van der Waals surface area contributed by atoms with Gasteiger partial charge in [0.25, 0.3) is 0 Å². The fourth-order valence-electron chi connectivity index (χ4n) is 13.7. The van der Waals surface area contributed by atoms with E-state index in [9.17, 15) is 86.9 Å². The summed E-state index contributed by atoms with van der Waals surface area (Å²) in [5, 5.41) is 52.6. The lowest BCUT2D eigenvalue weighted by Gasteiger charge is -2.37. The first-order chi connectivity index (χ1) is 58.0. The lowest BCUT2D eigenvalue weighted by atomic mass is 9.77. The number of amides is 14. The maximum atomic E-state index is 14.9. The quantitative estimate of drug-likeness (QED) is 0.0190. The predicted octanol–water partition coefficient (Wildman–Crippen LogP) is 0.882. The summed E-state index contributed by atoms with van der Waals surface area (Å²) in [6.07, 6.45) is 0.700. The first-order valence-electron chi connectivity index (χ1n) is 41.1. The second kappa shape index (κ2) is 47.1. The van der Waals surface area contributed by atoms with Crippen molar-refractivity contribution in [2.24, 2.45) is 11.8 Å². The van der Waals surface area contributed by atoms with Gasteiger partial charge < -0.3 is 98.3 Å². The molecular weight excluding hydrogens is 1590 g/mol. The molecule has 15 N–H and O–H groups in total. The highest BCUT2D eigenvalue weighted by molar-refractivity contribution is 5.99. The summed E-state index contributed by atoms with van der Waals surface area (Å²) in [5.74, 6) is -14.8. The summed E-state index contributed by atoms with van der Waals surface area (Å²) in [5.41, 5.74) is 0.225. The van der Waals surface area contributed by atoms with Gasteiger partial charge in [-0.3, -0.25) is 71.9 Å². The van der Waals surface area contributed by atoms with Crippen LogP contribution in [0.5, 0.6) is 0 Å². The van der Waals surface area contributed by atoms with Crippen molar-refractivity contribution in [1.82, 2.24) is 83.6 Å². The van der Waals surface area contributed by atoms with Crippen LogP contribution in [-0.2, 0) is 105 Å². The van der Waals surface area contributed by atoms with Crippen LogP contribution in [0.25, 0.3) is 0 Å². The number of benzene rings is 4. The van der Waals surface area contributed by atoms with Gasteiger partial charge in [-0.1, -0.05) is 162 Å². The molecule has 1 saturated heterocycles. The van der Waals surface area contributed by atoms with E-state index in [0.29, 0.717) is 24.8 Å². The number of rotatable bonds is 45. The Morgan fingerprint density at radius 3 is 1.48 bits per heavy atom. The van der Waals surface area contributed by atoms with E-state index in [1.807, 2.05) is 102 Å². The number of nitrogens with one attached hydrogen (secondary N) is 13. The number of esters is 1. The second-order valence-corrected chi connectivity index (χ2v) is 32.5. The fraction of sp³-hybridized carbons (Fsp3) is 0.506. The third-order valence-electron chi connectivity index (χ3n) is 20.3. The Labute approximate surface area is 715 Å². The fourth-order valence-corrected chi connectivity index (χ4v) is 13.7. The van der Waals surface area contributed by atoms with Gasteiger partial charge in [0.1, 0.15) is 59.5 Å². The highest BCUT2D eigenvalue weighted by atomic mass is 16.6. The first-order valence-corrected chi connectivity index (χ1v) is 41.1. The van der Waals surface area contributed by atoms with Crippen molar-refractivity contribution >= 4 is 94.6 Å². The Morgan fingerprint density at radius 2 is 0.959 bits per heavy atom. The molecule has 1 fully saturated rings. The maximum absolute atomic E-state index is 14.9. The van der Waals surface area contributed by atoms with Crippen molar-refractivity contribution in [3.05, 3.63) is 162 Å². The zero-order valence-electron chi connectivity index (χ0n) is 72.2. The van der Waals surface area contributed by atoms with Crippen LogP contribution in [0.2, 0.25) is 0 Å². The van der Waals surface area contributed by atoms with Gasteiger partial charge >= 0.3 is 11.9 Å². The Bertz CT molecular complexity index is 4370. The summed E-state index contributed by atoms with van der Waals surface area (Å²) >= 11 is 0. The van der Waals surface area contributed by atoms with Crippen LogP contribution >= 0.6 is 0 Å². The number of aliphatic carboxylic acids is 1. The zero-order valence-corrected chi connectivity index (χ0v) is 72.2. The molecule has 668 valence electrons. The van der Waals surface area contributed by atoms with E-state index >= 15 is 0 Å². The number of carbonyl (C=O) groups excluding carboxylic acids is 15. The smallest absolute Gasteiger partial charge is 0.328 e. The zero-order chi connectivity index (χ0) is 91.1. The van der Waals surface area contributed by atoms with E-state index in [1.165, 1.54) is 25.7 Å². The molecule has 13 atom stereocenters. The summed E-state index contributed by atoms with van der Waals surface area (Å²) in [6, 6.07) is 24.2. The number of nitrogens with zero attached hydrogens (tertiary/aromatic N) is 3. The number of carboxylic acid groups (broad SMARTS) is 1. The molecule has 1 aliphatic heterocycles. The van der Waals surface area contributed by atoms with Crippen molar-refractivity contribution in [1.29, 1.82) is 0 Å². The largest absolute Gasteiger partial charge is 0.480 e. The summed E-state index contributed by atoms with van der Waals surface area (Å²) < 4.78 is 13.5. The van der Waals surface area contributed by atoms with Gasteiger partial charge in [-0.15, -0.1) is 0 Å². The highest BCUT2D eigenvalue weighted by Gasteiger charge is 2.43. The number of ether oxygens (including phenoxy) is 2. The molecule has 5 aromatic rings. The van der Waals surface area contributed by atoms with Crippen LogP contribution in [-0.4, -0.2) is 236 Å². The molecule has 0 saturated carbocycles. The number of aromatic nitrogens is 2. The Balaban J connectivity index is 1.19.